The van der Waals surface area contributed by atoms with E-state index in [2.05, 4.69) is 36.5 Å². The first-order valence-corrected chi connectivity index (χ1v) is 17.2. The molecule has 0 aliphatic carbocycles. The van der Waals surface area contributed by atoms with Crippen molar-refractivity contribution in [3.05, 3.63) is 59.2 Å². The van der Waals surface area contributed by atoms with Crippen molar-refractivity contribution >= 4 is 34.7 Å². The highest BCUT2D eigenvalue weighted by atomic mass is 16.5. The maximum atomic E-state index is 13.7. The third-order valence-corrected chi connectivity index (χ3v) is 9.02. The number of carbonyl (C=O) groups excluding carboxylic acids is 4. The predicted molar refractivity (Wildman–Crippen MR) is 187 cm³/mol. The van der Waals surface area contributed by atoms with Crippen LogP contribution in [0, 0.1) is 5.92 Å². The minimum atomic E-state index is -0.804. The number of fused-ring (bicyclic) bond motifs is 2. The lowest BCUT2D eigenvalue weighted by Gasteiger charge is -2.26. The normalized spacial score (nSPS) is 18.8. The number of aromatic nitrogens is 6. The van der Waals surface area contributed by atoms with Gasteiger partial charge in [-0.05, 0) is 61.6 Å². The van der Waals surface area contributed by atoms with Crippen LogP contribution in [0.4, 0.5) is 0 Å². The summed E-state index contributed by atoms with van der Waals surface area (Å²) in [6.07, 6.45) is 1.96. The zero-order valence-electron chi connectivity index (χ0n) is 29.7. The Balaban J connectivity index is 1.39. The van der Waals surface area contributed by atoms with Gasteiger partial charge in [-0.25, -0.2) is 9.67 Å². The number of ether oxygens (including phenoxy) is 2. The summed E-state index contributed by atoms with van der Waals surface area (Å²) in [5, 5.41) is 24.2. The monoisotopic (exact) mass is 702 g/mol. The van der Waals surface area contributed by atoms with Gasteiger partial charge in [0.25, 0.3) is 5.91 Å². The molecular formula is C35H46N10O6. The topological polar surface area (TPSA) is 198 Å². The van der Waals surface area contributed by atoms with Crippen molar-refractivity contribution in [1.82, 2.24) is 51.0 Å². The van der Waals surface area contributed by atoms with E-state index in [1.54, 1.807) is 50.3 Å². The Kier molecular flexibility index (Phi) is 12.2. The maximum absolute atomic E-state index is 13.7. The summed E-state index contributed by atoms with van der Waals surface area (Å²) >= 11 is 0. The van der Waals surface area contributed by atoms with Gasteiger partial charge in [0.15, 0.2) is 17.3 Å². The van der Waals surface area contributed by atoms with Crippen LogP contribution in [-0.2, 0) is 27.3 Å². The molecule has 16 heteroatoms. The summed E-state index contributed by atoms with van der Waals surface area (Å²) in [4.78, 5) is 60.1. The lowest BCUT2D eigenvalue weighted by atomic mass is 9.97. The summed E-state index contributed by atoms with van der Waals surface area (Å²) in [6, 6.07) is 9.17. The number of hydrogen-bond acceptors (Lipinski definition) is 10. The van der Waals surface area contributed by atoms with E-state index >= 15 is 0 Å². The number of rotatable bonds is 7. The molecule has 5 rings (SSSR count). The summed E-state index contributed by atoms with van der Waals surface area (Å²) in [7, 11) is 3.12. The molecule has 0 saturated carbocycles. The lowest BCUT2D eigenvalue weighted by molar-refractivity contribution is -0.130. The summed E-state index contributed by atoms with van der Waals surface area (Å²) in [5.74, 6) is 0.659. The third kappa shape index (κ3) is 9.18. The number of carbonyl (C=O) groups is 4. The smallest absolute Gasteiger partial charge is 0.253 e. The first kappa shape index (κ1) is 36.7. The van der Waals surface area contributed by atoms with Gasteiger partial charge in [-0.15, -0.1) is 0 Å². The molecular weight excluding hydrogens is 656 g/mol. The number of aromatic amines is 1. The van der Waals surface area contributed by atoms with Crippen LogP contribution in [-0.4, -0.2) is 98.6 Å². The molecule has 3 atom stereocenters. The second kappa shape index (κ2) is 16.9. The number of nitrogens with zero attached hydrogens (tertiary/aromatic N) is 6. The molecule has 4 aromatic rings. The molecule has 272 valence electrons. The molecule has 2 aromatic heterocycles. The number of hydrogen-bond donors (Lipinski definition) is 4. The van der Waals surface area contributed by atoms with Crippen molar-refractivity contribution in [2.75, 3.05) is 33.9 Å². The fraction of sp³-hybridized carbons (Fsp3) is 0.486. The largest absolute Gasteiger partial charge is 0.493 e. The number of benzene rings is 2. The Morgan fingerprint density at radius 3 is 2.49 bits per heavy atom. The molecule has 3 heterocycles. The zero-order valence-corrected chi connectivity index (χ0v) is 29.7. The lowest BCUT2D eigenvalue weighted by Crippen LogP contribution is -2.51. The van der Waals surface area contributed by atoms with Gasteiger partial charge in [-0.3, -0.25) is 19.2 Å². The van der Waals surface area contributed by atoms with Crippen LogP contribution in [0.2, 0.25) is 0 Å². The van der Waals surface area contributed by atoms with Crippen LogP contribution >= 0.6 is 0 Å². The number of methoxy groups -OCH3 is 2. The van der Waals surface area contributed by atoms with E-state index in [1.165, 1.54) is 4.68 Å². The molecule has 51 heavy (non-hydrogen) atoms. The number of nitrogens with one attached hydrogen (secondary N) is 4. The Morgan fingerprint density at radius 2 is 1.73 bits per heavy atom. The minimum Gasteiger partial charge on any atom is -0.493 e. The standard InChI is InChI=1S/C35H46N10O6/c1-6-21(2)32-34(48)37-22(3)33-38-29(18-23-10-13-27(50-4)28(17-23)51-5)42-45(33)20-31(47)36-14-8-16-44(15-7-9-30(46)39-32)35(49)24-11-12-25-26(19-24)41-43-40-25/h10-13,17,19,21-22,32H,6-9,14-16,18,20H2,1-5H3,(H,36,47)(H,37,48)(H,39,46)(H,40,41,43)/t21-,22+,32-/m0/s1. The number of H-pyrrole nitrogens is 1. The zero-order chi connectivity index (χ0) is 36.5. The van der Waals surface area contributed by atoms with Crippen LogP contribution in [0.15, 0.2) is 36.4 Å². The maximum Gasteiger partial charge on any atom is 0.253 e. The molecule has 0 radical (unpaired) electrons. The van der Waals surface area contributed by atoms with Crippen LogP contribution in [0.3, 0.4) is 0 Å². The van der Waals surface area contributed by atoms with Gasteiger partial charge in [0, 0.05) is 38.0 Å². The van der Waals surface area contributed by atoms with Crippen LogP contribution in [0.1, 0.15) is 80.1 Å². The van der Waals surface area contributed by atoms with Crippen molar-refractivity contribution in [3.8, 4) is 11.5 Å². The molecule has 16 nitrogen and oxygen atoms in total. The van der Waals surface area contributed by atoms with E-state index in [1.807, 2.05) is 26.0 Å². The van der Waals surface area contributed by atoms with Crippen molar-refractivity contribution in [1.29, 1.82) is 0 Å². The van der Waals surface area contributed by atoms with Crippen molar-refractivity contribution in [3.63, 3.8) is 0 Å². The van der Waals surface area contributed by atoms with E-state index < -0.39 is 12.1 Å². The summed E-state index contributed by atoms with van der Waals surface area (Å²) in [5.41, 5.74) is 2.51. The quantitative estimate of drug-likeness (QED) is 0.222. The van der Waals surface area contributed by atoms with Crippen LogP contribution in [0.25, 0.3) is 11.0 Å². The molecule has 1 aliphatic rings. The van der Waals surface area contributed by atoms with Gasteiger partial charge in [0.2, 0.25) is 17.7 Å². The van der Waals surface area contributed by atoms with Gasteiger partial charge in [-0.1, -0.05) is 26.3 Å². The summed E-state index contributed by atoms with van der Waals surface area (Å²) < 4.78 is 12.3. The van der Waals surface area contributed by atoms with Gasteiger partial charge in [0.05, 0.1) is 20.3 Å². The highest BCUT2D eigenvalue weighted by Gasteiger charge is 2.29. The SMILES string of the molecule is CC[C@H](C)[C@@H]1NC(=O)CCCN(C(=O)c2ccc3n[nH]nc3c2)CCCNC(=O)Cn2nc(Cc3ccc(OC)c(OC)c3)nc2[C@@H](C)NC1=O. The Hall–Kier alpha value is -5.54. The molecule has 0 saturated heterocycles. The van der Waals surface area contributed by atoms with Crippen molar-refractivity contribution in [2.24, 2.45) is 5.92 Å². The van der Waals surface area contributed by atoms with Crippen molar-refractivity contribution in [2.45, 2.75) is 71.5 Å². The molecule has 0 fully saturated rings. The predicted octanol–water partition coefficient (Wildman–Crippen LogP) is 2.31. The molecule has 2 aromatic carbocycles. The molecule has 4 N–H and O–H groups in total. The van der Waals surface area contributed by atoms with E-state index in [-0.39, 0.29) is 42.5 Å². The molecule has 4 amide bonds. The minimum absolute atomic E-state index is 0.117. The Labute approximate surface area is 296 Å². The molecule has 0 spiro atoms. The van der Waals surface area contributed by atoms with E-state index in [0.29, 0.717) is 85.1 Å². The van der Waals surface area contributed by atoms with Gasteiger partial charge in [-0.2, -0.15) is 20.5 Å². The van der Waals surface area contributed by atoms with Crippen molar-refractivity contribution < 1.29 is 28.7 Å². The van der Waals surface area contributed by atoms with Gasteiger partial charge < -0.3 is 30.3 Å². The van der Waals surface area contributed by atoms with E-state index in [0.717, 1.165) is 5.56 Å². The highest BCUT2D eigenvalue weighted by molar-refractivity contribution is 5.97. The number of amides is 4. The van der Waals surface area contributed by atoms with Crippen LogP contribution < -0.4 is 25.4 Å². The first-order valence-electron chi connectivity index (χ1n) is 17.2. The van der Waals surface area contributed by atoms with Crippen LogP contribution in [0.5, 0.6) is 11.5 Å². The average Bonchev–Trinajstić information content (AvgIpc) is 3.76. The van der Waals surface area contributed by atoms with E-state index in [9.17, 15) is 19.2 Å². The fourth-order valence-corrected chi connectivity index (χ4v) is 5.99. The molecule has 1 aliphatic heterocycles. The Bertz CT molecular complexity index is 1860. The molecule has 0 bridgehead atoms. The fourth-order valence-electron chi connectivity index (χ4n) is 5.99. The average molecular weight is 703 g/mol. The summed E-state index contributed by atoms with van der Waals surface area (Å²) in [6.45, 7) is 6.44. The van der Waals surface area contributed by atoms with Gasteiger partial charge >= 0.3 is 0 Å². The highest BCUT2D eigenvalue weighted by Crippen LogP contribution is 2.28. The molecule has 0 unspecified atom stereocenters. The Morgan fingerprint density at radius 1 is 0.961 bits per heavy atom. The first-order chi connectivity index (χ1) is 24.6. The van der Waals surface area contributed by atoms with E-state index in [4.69, 9.17) is 14.5 Å². The second-order valence-electron chi connectivity index (χ2n) is 12.7. The third-order valence-electron chi connectivity index (χ3n) is 9.02. The second-order valence-corrected chi connectivity index (χ2v) is 12.7. The van der Waals surface area contributed by atoms with Gasteiger partial charge in [0.1, 0.15) is 29.4 Å².